The highest BCUT2D eigenvalue weighted by molar-refractivity contribution is 5.74. The quantitative estimate of drug-likeness (QED) is 0.449. The number of rotatable bonds is 5. The van der Waals surface area contributed by atoms with Gasteiger partial charge in [-0.2, -0.15) is 10.3 Å². The van der Waals surface area contributed by atoms with Crippen molar-refractivity contribution in [2.45, 2.75) is 63.8 Å². The Balaban J connectivity index is 2.48. The third kappa shape index (κ3) is 3.61. The first-order chi connectivity index (χ1) is 8.66. The summed E-state index contributed by atoms with van der Waals surface area (Å²) in [6, 6.07) is 1.57. The number of unbranched alkanes of at least 4 members (excludes halogenated alkanes) is 2. The van der Waals surface area contributed by atoms with Crippen molar-refractivity contribution in [3.63, 3.8) is 0 Å². The summed E-state index contributed by atoms with van der Waals surface area (Å²) in [5.74, 6) is 0. The second kappa shape index (κ2) is 7.22. The summed E-state index contributed by atoms with van der Waals surface area (Å²) < 4.78 is 0. The van der Waals surface area contributed by atoms with Gasteiger partial charge >= 0.3 is 6.03 Å². The highest BCUT2D eigenvalue weighted by Gasteiger charge is 2.40. The molecule has 1 saturated carbocycles. The summed E-state index contributed by atoms with van der Waals surface area (Å²) in [7, 11) is 0. The molecule has 0 aromatic carbocycles. The summed E-state index contributed by atoms with van der Waals surface area (Å²) in [6.07, 6.45) is 6.98. The van der Waals surface area contributed by atoms with Crippen LogP contribution in [0.5, 0.6) is 0 Å². The molecule has 0 spiro atoms. The Hall–Kier alpha value is -1.28. The Labute approximate surface area is 109 Å². The number of carbonyl (C=O) groups excluding carboxylic acids is 1. The molecule has 0 atom stereocenters. The van der Waals surface area contributed by atoms with Crippen LogP contribution in [-0.2, 0) is 0 Å². The second-order valence-corrected chi connectivity index (χ2v) is 4.95. The minimum Gasteiger partial charge on any atom is -0.336 e. The van der Waals surface area contributed by atoms with Gasteiger partial charge in [0.2, 0.25) is 0 Å². The average molecular weight is 253 g/mol. The average Bonchev–Trinajstić information content (AvgIpc) is 2.43. The van der Waals surface area contributed by atoms with Crippen molar-refractivity contribution in [1.29, 1.82) is 5.26 Å². The second-order valence-electron chi connectivity index (χ2n) is 4.95. The molecule has 0 aromatic heterocycles. The van der Waals surface area contributed by atoms with Crippen molar-refractivity contribution < 1.29 is 10.0 Å². The Kier molecular flexibility index (Phi) is 5.93. The van der Waals surface area contributed by atoms with Gasteiger partial charge in [-0.3, -0.25) is 5.21 Å². The molecule has 102 valence electrons. The maximum absolute atomic E-state index is 11.8. The molecule has 1 fully saturated rings. The van der Waals surface area contributed by atoms with Gasteiger partial charge < -0.3 is 5.32 Å². The van der Waals surface area contributed by atoms with Gasteiger partial charge in [-0.05, 0) is 32.1 Å². The van der Waals surface area contributed by atoms with E-state index in [4.69, 9.17) is 0 Å². The topological polar surface area (TPSA) is 76.4 Å². The standard InChI is InChI=1S/C13H23N3O2/c1-2-3-7-10-15-12(17)16(18)13(11-14)8-5-4-6-9-13/h18H,2-10H2,1H3,(H,15,17). The van der Waals surface area contributed by atoms with Crippen molar-refractivity contribution in [2.75, 3.05) is 6.54 Å². The molecule has 0 bridgehead atoms. The van der Waals surface area contributed by atoms with E-state index in [2.05, 4.69) is 18.3 Å². The number of nitrogens with one attached hydrogen (secondary N) is 1. The van der Waals surface area contributed by atoms with Crippen molar-refractivity contribution in [2.24, 2.45) is 0 Å². The minimum absolute atomic E-state index is 0.547. The third-order valence-corrected chi connectivity index (χ3v) is 3.54. The molecule has 5 heteroatoms. The van der Waals surface area contributed by atoms with E-state index in [0.717, 1.165) is 38.5 Å². The maximum atomic E-state index is 11.8. The fourth-order valence-electron chi connectivity index (χ4n) is 2.35. The zero-order valence-electron chi connectivity index (χ0n) is 11.1. The van der Waals surface area contributed by atoms with Crippen LogP contribution in [0.25, 0.3) is 0 Å². The number of carbonyl (C=O) groups is 1. The number of hydrogen-bond donors (Lipinski definition) is 2. The number of nitrogens with zero attached hydrogens (tertiary/aromatic N) is 2. The zero-order valence-corrected chi connectivity index (χ0v) is 11.1. The summed E-state index contributed by atoms with van der Waals surface area (Å²) in [6.45, 7) is 2.64. The summed E-state index contributed by atoms with van der Waals surface area (Å²) >= 11 is 0. The molecule has 1 aliphatic rings. The molecule has 1 rings (SSSR count). The highest BCUT2D eigenvalue weighted by atomic mass is 16.5. The minimum atomic E-state index is -1.02. The smallest absolute Gasteiger partial charge is 0.336 e. The van der Waals surface area contributed by atoms with Crippen LogP contribution >= 0.6 is 0 Å². The Bertz CT molecular complexity index is 306. The Morgan fingerprint density at radius 2 is 2.06 bits per heavy atom. The Morgan fingerprint density at radius 3 is 2.61 bits per heavy atom. The van der Waals surface area contributed by atoms with E-state index in [-0.39, 0.29) is 0 Å². The van der Waals surface area contributed by atoms with Crippen LogP contribution in [-0.4, -0.2) is 28.4 Å². The van der Waals surface area contributed by atoms with Gasteiger partial charge in [0.25, 0.3) is 0 Å². The highest BCUT2D eigenvalue weighted by Crippen LogP contribution is 2.32. The van der Waals surface area contributed by atoms with Crippen LogP contribution in [0, 0.1) is 11.3 Å². The largest absolute Gasteiger partial charge is 0.342 e. The predicted molar refractivity (Wildman–Crippen MR) is 68.0 cm³/mol. The number of nitriles is 1. The number of hydroxylamine groups is 2. The van der Waals surface area contributed by atoms with Gasteiger partial charge in [0, 0.05) is 6.54 Å². The van der Waals surface area contributed by atoms with Gasteiger partial charge in [-0.25, -0.2) is 4.79 Å². The molecule has 0 unspecified atom stereocenters. The lowest BCUT2D eigenvalue weighted by Crippen LogP contribution is -2.53. The molecule has 2 N–H and O–H groups in total. The van der Waals surface area contributed by atoms with Crippen LogP contribution in [0.1, 0.15) is 58.3 Å². The SMILES string of the molecule is CCCCCNC(=O)N(O)C1(C#N)CCCCC1. The van der Waals surface area contributed by atoms with Crippen molar-refractivity contribution in [3.8, 4) is 6.07 Å². The van der Waals surface area contributed by atoms with E-state index in [0.29, 0.717) is 24.4 Å². The fourth-order valence-corrected chi connectivity index (χ4v) is 2.35. The van der Waals surface area contributed by atoms with Crippen LogP contribution in [0.3, 0.4) is 0 Å². The van der Waals surface area contributed by atoms with Crippen LogP contribution in [0.4, 0.5) is 4.79 Å². The molecule has 18 heavy (non-hydrogen) atoms. The first-order valence-corrected chi connectivity index (χ1v) is 6.84. The van der Waals surface area contributed by atoms with E-state index in [9.17, 15) is 15.3 Å². The molecule has 0 aliphatic heterocycles. The molecule has 1 aliphatic carbocycles. The number of urea groups is 1. The number of amides is 2. The zero-order chi connectivity index (χ0) is 13.4. The van der Waals surface area contributed by atoms with Crippen LogP contribution in [0.2, 0.25) is 0 Å². The van der Waals surface area contributed by atoms with Gasteiger partial charge in [-0.1, -0.05) is 26.2 Å². The lowest BCUT2D eigenvalue weighted by atomic mass is 9.82. The normalized spacial score (nSPS) is 17.8. The molecular weight excluding hydrogens is 230 g/mol. The van der Waals surface area contributed by atoms with Gasteiger partial charge in [-0.15, -0.1) is 0 Å². The Morgan fingerprint density at radius 1 is 1.39 bits per heavy atom. The molecular formula is C13H23N3O2. The maximum Gasteiger partial charge on any atom is 0.342 e. The van der Waals surface area contributed by atoms with Crippen molar-refractivity contribution >= 4 is 6.03 Å². The fraction of sp³-hybridized carbons (Fsp3) is 0.846. The summed E-state index contributed by atoms with van der Waals surface area (Å²) in [5, 5.41) is 22.5. The molecule has 5 nitrogen and oxygen atoms in total. The molecule has 0 saturated heterocycles. The van der Waals surface area contributed by atoms with Crippen LogP contribution in [0.15, 0.2) is 0 Å². The molecule has 2 amide bonds. The third-order valence-electron chi connectivity index (χ3n) is 3.54. The van der Waals surface area contributed by atoms with E-state index in [1.165, 1.54) is 0 Å². The summed E-state index contributed by atoms with van der Waals surface area (Å²) in [5.41, 5.74) is -1.02. The first kappa shape index (κ1) is 14.8. The number of hydrogen-bond acceptors (Lipinski definition) is 3. The van der Waals surface area contributed by atoms with E-state index in [1.807, 2.05) is 0 Å². The van der Waals surface area contributed by atoms with Gasteiger partial charge in [0.1, 0.15) is 0 Å². The van der Waals surface area contributed by atoms with E-state index < -0.39 is 11.6 Å². The molecule has 0 radical (unpaired) electrons. The lowest BCUT2D eigenvalue weighted by Gasteiger charge is -2.36. The summed E-state index contributed by atoms with van der Waals surface area (Å²) in [4.78, 5) is 11.8. The molecule has 0 aromatic rings. The lowest BCUT2D eigenvalue weighted by molar-refractivity contribution is -0.116. The monoisotopic (exact) mass is 253 g/mol. The van der Waals surface area contributed by atoms with Crippen molar-refractivity contribution in [3.05, 3.63) is 0 Å². The molecule has 0 heterocycles. The van der Waals surface area contributed by atoms with Gasteiger partial charge in [0.05, 0.1) is 6.07 Å². The predicted octanol–water partition coefficient (Wildman–Crippen LogP) is 2.80. The van der Waals surface area contributed by atoms with E-state index in [1.54, 1.807) is 0 Å². The van der Waals surface area contributed by atoms with Gasteiger partial charge in [0.15, 0.2) is 5.54 Å². The van der Waals surface area contributed by atoms with Crippen LogP contribution < -0.4 is 5.32 Å². The first-order valence-electron chi connectivity index (χ1n) is 6.84. The van der Waals surface area contributed by atoms with Crippen molar-refractivity contribution in [1.82, 2.24) is 10.4 Å². The van der Waals surface area contributed by atoms with E-state index >= 15 is 0 Å².